The van der Waals surface area contributed by atoms with Gasteiger partial charge in [-0.15, -0.1) is 0 Å². The third-order valence-electron chi connectivity index (χ3n) is 14.9. The van der Waals surface area contributed by atoms with Crippen LogP contribution < -0.4 is 16.0 Å². The highest BCUT2D eigenvalue weighted by Gasteiger charge is 2.46. The molecule has 0 aromatic rings. The number of unbranched alkanes of at least 4 members (excludes halogenated alkanes) is 27. The molecule has 70 heavy (non-hydrogen) atoms. The summed E-state index contributed by atoms with van der Waals surface area (Å²) >= 11 is 1.80. The standard InChI is InChI=1S/C54H102N4O11S/c1-3-5-7-9-11-13-15-17-18-19-20-22-24-26-28-32-36-55-46(61)37-58(47(62)35-31-30-34-45-48-41(40-70-45)56-54(67)57-48)42(39-68-53-52(66)51(65)50(64)44(38-59)69-53)49(63)43(60)33-29-27-25-23-21-16-14-12-10-8-6-4-2/h41-45,48-53,59-60,63-66H,3-40H2,1-2H3,(H,55,61)(H2,56,57,67)/t41-,42-,43+,44?,45-,48-,49-,50-,51-,52?,53+/m0/s1. The van der Waals surface area contributed by atoms with Crippen molar-refractivity contribution in [3.05, 3.63) is 0 Å². The molecule has 3 aliphatic rings. The Balaban J connectivity index is 1.58. The fourth-order valence-electron chi connectivity index (χ4n) is 10.3. The molecule has 0 aromatic heterocycles. The minimum atomic E-state index is -1.72. The summed E-state index contributed by atoms with van der Waals surface area (Å²) in [6, 6.07) is -1.28. The minimum absolute atomic E-state index is 0.0356. The number of hydrogen-bond acceptors (Lipinski definition) is 12. The van der Waals surface area contributed by atoms with Crippen LogP contribution in [0.25, 0.3) is 0 Å². The first-order chi connectivity index (χ1) is 34.0. The highest BCUT2D eigenvalue weighted by molar-refractivity contribution is 8.00. The highest BCUT2D eigenvalue weighted by atomic mass is 32.2. The summed E-state index contributed by atoms with van der Waals surface area (Å²) in [5, 5.41) is 74.0. The van der Waals surface area contributed by atoms with Gasteiger partial charge in [0.15, 0.2) is 6.29 Å². The maximum Gasteiger partial charge on any atom is 0.315 e. The fourth-order valence-corrected chi connectivity index (χ4v) is 11.8. The lowest BCUT2D eigenvalue weighted by Crippen LogP contribution is -2.61. The van der Waals surface area contributed by atoms with E-state index in [1.807, 2.05) is 0 Å². The van der Waals surface area contributed by atoms with E-state index in [-0.39, 0.29) is 36.2 Å². The molecule has 0 aliphatic carbocycles. The van der Waals surface area contributed by atoms with Gasteiger partial charge in [-0.2, -0.15) is 11.8 Å². The van der Waals surface area contributed by atoms with Gasteiger partial charge in [0, 0.05) is 24.0 Å². The predicted octanol–water partition coefficient (Wildman–Crippen LogP) is 7.92. The molecule has 0 bridgehead atoms. The molecule has 0 saturated carbocycles. The third-order valence-corrected chi connectivity index (χ3v) is 16.4. The Morgan fingerprint density at radius 2 is 1.21 bits per heavy atom. The van der Waals surface area contributed by atoms with E-state index >= 15 is 0 Å². The van der Waals surface area contributed by atoms with E-state index in [4.69, 9.17) is 9.47 Å². The minimum Gasteiger partial charge on any atom is -0.394 e. The number of nitrogens with zero attached hydrogens (tertiary/aromatic N) is 1. The molecular formula is C54H102N4O11S. The second kappa shape index (κ2) is 38.8. The molecule has 15 nitrogen and oxygen atoms in total. The van der Waals surface area contributed by atoms with Crippen molar-refractivity contribution < 1.29 is 54.5 Å². The third kappa shape index (κ3) is 25.0. The molecule has 3 rings (SSSR count). The Morgan fingerprint density at radius 3 is 1.74 bits per heavy atom. The van der Waals surface area contributed by atoms with Crippen LogP contribution in [0.4, 0.5) is 4.79 Å². The number of urea groups is 1. The van der Waals surface area contributed by atoms with Crippen LogP contribution in [0.1, 0.15) is 226 Å². The first-order valence-electron chi connectivity index (χ1n) is 28.5. The second-order valence-corrected chi connectivity index (χ2v) is 22.1. The number of carbonyl (C=O) groups excluding carboxylic acids is 3. The van der Waals surface area contributed by atoms with Gasteiger partial charge in [0.2, 0.25) is 11.8 Å². The molecule has 3 heterocycles. The maximum absolute atomic E-state index is 14.3. The average molecular weight is 1020 g/mol. The summed E-state index contributed by atoms with van der Waals surface area (Å²) in [6.45, 7) is 3.37. The van der Waals surface area contributed by atoms with Crippen molar-refractivity contribution in [3.8, 4) is 0 Å². The lowest BCUT2D eigenvalue weighted by atomic mass is 9.97. The quantitative estimate of drug-likeness (QED) is 0.0210. The molecular weight excluding hydrogens is 913 g/mol. The van der Waals surface area contributed by atoms with Crippen LogP contribution in [0.15, 0.2) is 0 Å². The van der Waals surface area contributed by atoms with Gasteiger partial charge in [-0.1, -0.05) is 194 Å². The van der Waals surface area contributed by atoms with Gasteiger partial charge in [0.1, 0.15) is 37.1 Å². The van der Waals surface area contributed by atoms with Gasteiger partial charge in [-0.05, 0) is 25.7 Å². The maximum atomic E-state index is 14.3. The lowest BCUT2D eigenvalue weighted by Gasteiger charge is -2.41. The number of aliphatic hydroxyl groups is 6. The Bertz CT molecular complexity index is 1350. The molecule has 3 aliphatic heterocycles. The zero-order valence-electron chi connectivity index (χ0n) is 43.8. The number of hydrogen-bond donors (Lipinski definition) is 9. The highest BCUT2D eigenvalue weighted by Crippen LogP contribution is 2.33. The summed E-state index contributed by atoms with van der Waals surface area (Å²) < 4.78 is 11.6. The number of carbonyl (C=O) groups is 3. The SMILES string of the molecule is CCCCCCCCCCCCCCCCCCNC(=O)CN(C(=O)CCCC[C@@H]1SC[C@@H]2NC(=O)N[C@@H]21)[C@@H](CO[C@@H]1OC(CO)[C@H](O)[C@H](O)C1O)[C@H](O)[C@H](O)CCCCCCCCCCCCCC. The van der Waals surface area contributed by atoms with Crippen LogP contribution in [-0.2, 0) is 19.1 Å². The number of nitrogens with one attached hydrogen (secondary N) is 3. The summed E-state index contributed by atoms with van der Waals surface area (Å²) in [4.78, 5) is 41.2. The fraction of sp³-hybridized carbons (Fsp3) is 0.944. The molecule has 3 fully saturated rings. The van der Waals surface area contributed by atoms with Crippen molar-refractivity contribution in [2.45, 2.75) is 292 Å². The number of aliphatic hydroxyl groups excluding tert-OH is 6. The summed E-state index contributed by atoms with van der Waals surface area (Å²) in [5.41, 5.74) is 0. The summed E-state index contributed by atoms with van der Waals surface area (Å²) in [6.07, 6.45) is 25.3. The van der Waals surface area contributed by atoms with Crippen molar-refractivity contribution in [1.82, 2.24) is 20.9 Å². The Hall–Kier alpha value is -1.76. The van der Waals surface area contributed by atoms with Crippen LogP contribution in [0.3, 0.4) is 0 Å². The molecule has 0 spiro atoms. The van der Waals surface area contributed by atoms with Crippen LogP contribution in [-0.4, -0.2) is 152 Å². The van der Waals surface area contributed by atoms with Crippen LogP contribution in [0.2, 0.25) is 0 Å². The van der Waals surface area contributed by atoms with Crippen molar-refractivity contribution in [3.63, 3.8) is 0 Å². The number of rotatable bonds is 44. The number of ether oxygens (including phenoxy) is 2. The van der Waals surface area contributed by atoms with Crippen LogP contribution >= 0.6 is 11.8 Å². The van der Waals surface area contributed by atoms with E-state index in [1.165, 1.54) is 133 Å². The predicted molar refractivity (Wildman–Crippen MR) is 279 cm³/mol. The second-order valence-electron chi connectivity index (χ2n) is 20.9. The molecule has 4 amide bonds. The van der Waals surface area contributed by atoms with E-state index in [0.717, 1.165) is 57.1 Å². The molecule has 0 aromatic carbocycles. The monoisotopic (exact) mass is 1010 g/mol. The smallest absolute Gasteiger partial charge is 0.315 e. The number of fused-ring (bicyclic) bond motifs is 1. The van der Waals surface area contributed by atoms with Crippen molar-refractivity contribution in [2.24, 2.45) is 0 Å². The van der Waals surface area contributed by atoms with Gasteiger partial charge in [-0.3, -0.25) is 9.59 Å². The first kappa shape index (κ1) is 62.5. The van der Waals surface area contributed by atoms with E-state index in [9.17, 15) is 45.0 Å². The summed E-state index contributed by atoms with van der Waals surface area (Å²) in [7, 11) is 0. The van der Waals surface area contributed by atoms with Gasteiger partial charge in [0.05, 0.1) is 37.4 Å². The Morgan fingerprint density at radius 1 is 0.700 bits per heavy atom. The molecule has 11 atom stereocenters. The van der Waals surface area contributed by atoms with Crippen LogP contribution in [0, 0.1) is 0 Å². The van der Waals surface area contributed by atoms with Crippen molar-refractivity contribution in [2.75, 3.05) is 32.1 Å². The number of amides is 4. The van der Waals surface area contributed by atoms with E-state index < -0.39 is 80.5 Å². The van der Waals surface area contributed by atoms with Crippen molar-refractivity contribution >= 4 is 29.6 Å². The van der Waals surface area contributed by atoms with Crippen molar-refractivity contribution in [1.29, 1.82) is 0 Å². The van der Waals surface area contributed by atoms with E-state index in [0.29, 0.717) is 25.8 Å². The molecule has 2 unspecified atom stereocenters. The van der Waals surface area contributed by atoms with Gasteiger partial charge < -0.3 is 61.0 Å². The molecule has 9 N–H and O–H groups in total. The average Bonchev–Trinajstić information content (AvgIpc) is 3.92. The number of thioether (sulfide) groups is 1. The zero-order valence-corrected chi connectivity index (χ0v) is 44.6. The normalized spacial score (nSPS) is 24.5. The van der Waals surface area contributed by atoms with Gasteiger partial charge in [-0.25, -0.2) is 4.79 Å². The zero-order chi connectivity index (χ0) is 50.8. The van der Waals surface area contributed by atoms with Crippen LogP contribution in [0.5, 0.6) is 0 Å². The Kier molecular flexibility index (Phi) is 34.6. The molecule has 410 valence electrons. The Labute approximate surface area is 427 Å². The first-order valence-corrected chi connectivity index (χ1v) is 29.6. The summed E-state index contributed by atoms with van der Waals surface area (Å²) in [5.74, 6) is 0.00214. The largest absolute Gasteiger partial charge is 0.394 e. The van der Waals surface area contributed by atoms with E-state index in [1.54, 1.807) is 11.8 Å². The topological polar surface area (TPSA) is 230 Å². The molecule has 3 saturated heterocycles. The van der Waals surface area contributed by atoms with E-state index in [2.05, 4.69) is 29.8 Å². The van der Waals surface area contributed by atoms with Gasteiger partial charge in [0.25, 0.3) is 0 Å². The van der Waals surface area contributed by atoms with Gasteiger partial charge >= 0.3 is 6.03 Å². The lowest BCUT2D eigenvalue weighted by molar-refractivity contribution is -0.304. The molecule has 0 radical (unpaired) electrons. The molecule has 16 heteroatoms.